The third kappa shape index (κ3) is 3.74. The van der Waals surface area contributed by atoms with Gasteiger partial charge in [0.25, 0.3) is 0 Å². The zero-order valence-corrected chi connectivity index (χ0v) is 9.96. The van der Waals surface area contributed by atoms with Crippen LogP contribution in [0.3, 0.4) is 0 Å². The van der Waals surface area contributed by atoms with Crippen LogP contribution in [0.1, 0.15) is 12.0 Å². The lowest BCUT2D eigenvalue weighted by molar-refractivity contribution is -0.186. The van der Waals surface area contributed by atoms with Crippen LogP contribution in [-0.4, -0.2) is 23.7 Å². The number of benzene rings is 1. The molecule has 0 radical (unpaired) electrons. The van der Waals surface area contributed by atoms with E-state index in [0.717, 1.165) is 16.5 Å². The summed E-state index contributed by atoms with van der Waals surface area (Å²) in [7, 11) is 0. The van der Waals surface area contributed by atoms with E-state index in [4.69, 9.17) is 0 Å². The number of alkyl halides is 3. The fourth-order valence-electron chi connectivity index (χ4n) is 1.81. The molecule has 0 aliphatic heterocycles. The first-order valence-corrected chi connectivity index (χ1v) is 5.73. The number of H-pyrrole nitrogens is 1. The summed E-state index contributed by atoms with van der Waals surface area (Å²) in [5, 5.41) is 0.964. The van der Waals surface area contributed by atoms with Crippen molar-refractivity contribution in [1.82, 2.24) is 4.98 Å². The van der Waals surface area contributed by atoms with E-state index in [0.29, 0.717) is 6.42 Å². The predicted octanol–water partition coefficient (Wildman–Crippen LogP) is 3.21. The number of carbonyl (C=O) groups excluding carboxylic acids is 1. The van der Waals surface area contributed by atoms with E-state index in [1.807, 2.05) is 24.3 Å². The van der Waals surface area contributed by atoms with E-state index in [1.165, 1.54) is 0 Å². The number of hydrogen-bond acceptors (Lipinski definition) is 2. The molecule has 0 spiro atoms. The number of esters is 1. The van der Waals surface area contributed by atoms with Gasteiger partial charge in [0.1, 0.15) is 0 Å². The Morgan fingerprint density at radius 3 is 2.74 bits per heavy atom. The summed E-state index contributed by atoms with van der Waals surface area (Å²) in [5.41, 5.74) is 1.82. The van der Waals surface area contributed by atoms with Crippen molar-refractivity contribution in [3.05, 3.63) is 36.0 Å². The van der Waals surface area contributed by atoms with Crippen molar-refractivity contribution in [3.63, 3.8) is 0 Å². The van der Waals surface area contributed by atoms with Crippen molar-refractivity contribution in [1.29, 1.82) is 0 Å². The average Bonchev–Trinajstić information content (AvgIpc) is 2.76. The number of carbonyl (C=O) groups is 1. The number of halogens is 3. The molecule has 0 aliphatic carbocycles. The van der Waals surface area contributed by atoms with Gasteiger partial charge in [-0.05, 0) is 18.1 Å². The quantitative estimate of drug-likeness (QED) is 0.868. The lowest BCUT2D eigenvalue weighted by Gasteiger charge is -2.07. The van der Waals surface area contributed by atoms with Crippen molar-refractivity contribution in [2.75, 3.05) is 6.61 Å². The van der Waals surface area contributed by atoms with Crippen LogP contribution < -0.4 is 0 Å². The average molecular weight is 271 g/mol. The molecule has 102 valence electrons. The highest BCUT2D eigenvalue weighted by atomic mass is 19.4. The van der Waals surface area contributed by atoms with Gasteiger partial charge in [-0.2, -0.15) is 13.2 Å². The first-order chi connectivity index (χ1) is 8.96. The van der Waals surface area contributed by atoms with Crippen molar-refractivity contribution in [2.24, 2.45) is 0 Å². The maximum atomic E-state index is 11.9. The van der Waals surface area contributed by atoms with E-state index < -0.39 is 18.8 Å². The second-order valence-corrected chi connectivity index (χ2v) is 4.14. The fraction of sp³-hybridized carbons (Fsp3) is 0.308. The number of ether oxygens (including phenoxy) is 1. The molecule has 0 atom stereocenters. The molecule has 0 bridgehead atoms. The molecule has 0 fully saturated rings. The summed E-state index contributed by atoms with van der Waals surface area (Å²) in [6.07, 6.45) is -2.45. The number of rotatable bonds is 4. The fourth-order valence-corrected chi connectivity index (χ4v) is 1.81. The molecule has 0 saturated carbocycles. The van der Waals surface area contributed by atoms with Crippen LogP contribution in [0.5, 0.6) is 0 Å². The number of hydrogen-bond donors (Lipinski definition) is 1. The Labute approximate surface area is 107 Å². The number of aromatic nitrogens is 1. The zero-order chi connectivity index (χ0) is 13.9. The summed E-state index contributed by atoms with van der Waals surface area (Å²) in [5.74, 6) is -0.845. The molecular weight excluding hydrogens is 259 g/mol. The monoisotopic (exact) mass is 271 g/mol. The van der Waals surface area contributed by atoms with Crippen molar-refractivity contribution >= 4 is 16.9 Å². The van der Waals surface area contributed by atoms with Gasteiger partial charge in [-0.25, -0.2) is 0 Å². The first kappa shape index (κ1) is 13.5. The van der Waals surface area contributed by atoms with E-state index in [9.17, 15) is 18.0 Å². The maximum Gasteiger partial charge on any atom is 0.422 e. The van der Waals surface area contributed by atoms with E-state index >= 15 is 0 Å². The van der Waals surface area contributed by atoms with Crippen LogP contribution in [-0.2, 0) is 16.0 Å². The predicted molar refractivity (Wildman–Crippen MR) is 63.6 cm³/mol. The minimum absolute atomic E-state index is 0.0715. The highest BCUT2D eigenvalue weighted by Gasteiger charge is 2.29. The van der Waals surface area contributed by atoms with Crippen LogP contribution in [0.15, 0.2) is 30.5 Å². The van der Waals surface area contributed by atoms with Crippen LogP contribution in [0, 0.1) is 0 Å². The molecule has 0 aliphatic rings. The van der Waals surface area contributed by atoms with Crippen LogP contribution in [0.2, 0.25) is 0 Å². The second-order valence-electron chi connectivity index (χ2n) is 4.14. The van der Waals surface area contributed by atoms with Gasteiger partial charge in [0.05, 0.1) is 0 Å². The summed E-state index contributed by atoms with van der Waals surface area (Å²) >= 11 is 0. The highest BCUT2D eigenvalue weighted by molar-refractivity contribution is 5.83. The Morgan fingerprint density at radius 1 is 1.26 bits per heavy atom. The molecule has 19 heavy (non-hydrogen) atoms. The Bertz CT molecular complexity index is 575. The molecular formula is C13H12F3NO2. The summed E-state index contributed by atoms with van der Waals surface area (Å²) < 4.78 is 39.7. The van der Waals surface area contributed by atoms with Gasteiger partial charge in [0.2, 0.25) is 0 Å². The lowest BCUT2D eigenvalue weighted by atomic mass is 10.1. The highest BCUT2D eigenvalue weighted by Crippen LogP contribution is 2.19. The molecule has 2 rings (SSSR count). The third-order valence-corrected chi connectivity index (χ3v) is 2.67. The van der Waals surface area contributed by atoms with Gasteiger partial charge >= 0.3 is 12.1 Å². The van der Waals surface area contributed by atoms with E-state index in [-0.39, 0.29) is 6.42 Å². The molecule has 6 heteroatoms. The Hall–Kier alpha value is -1.98. The van der Waals surface area contributed by atoms with Gasteiger partial charge in [-0.15, -0.1) is 0 Å². The van der Waals surface area contributed by atoms with Crippen molar-refractivity contribution in [2.45, 2.75) is 19.0 Å². The second kappa shape index (κ2) is 5.34. The summed E-state index contributed by atoms with van der Waals surface area (Å²) in [6, 6.07) is 7.52. The van der Waals surface area contributed by atoms with E-state index in [2.05, 4.69) is 9.72 Å². The van der Waals surface area contributed by atoms with Gasteiger partial charge < -0.3 is 9.72 Å². The maximum absolute atomic E-state index is 11.9. The smallest absolute Gasteiger partial charge is 0.422 e. The molecule has 2 aromatic rings. The Morgan fingerprint density at radius 2 is 2.00 bits per heavy atom. The molecule has 1 aromatic heterocycles. The molecule has 1 N–H and O–H groups in total. The number of aryl methyl sites for hydroxylation is 1. The van der Waals surface area contributed by atoms with Gasteiger partial charge in [0, 0.05) is 23.5 Å². The number of fused-ring (bicyclic) bond motifs is 1. The minimum atomic E-state index is -4.48. The van der Waals surface area contributed by atoms with Crippen molar-refractivity contribution in [3.8, 4) is 0 Å². The molecule has 0 unspecified atom stereocenters. The lowest BCUT2D eigenvalue weighted by Crippen LogP contribution is -2.20. The van der Waals surface area contributed by atoms with E-state index in [1.54, 1.807) is 6.20 Å². The van der Waals surface area contributed by atoms with Gasteiger partial charge in [-0.1, -0.05) is 18.2 Å². The minimum Gasteiger partial charge on any atom is -0.456 e. The number of para-hydroxylation sites is 1. The van der Waals surface area contributed by atoms with Crippen LogP contribution in [0.4, 0.5) is 13.2 Å². The molecule has 3 nitrogen and oxygen atoms in total. The molecule has 0 saturated heterocycles. The summed E-state index contributed by atoms with van der Waals surface area (Å²) in [4.78, 5) is 14.2. The summed E-state index contributed by atoms with van der Waals surface area (Å²) in [6.45, 7) is -1.53. The van der Waals surface area contributed by atoms with Crippen LogP contribution >= 0.6 is 0 Å². The zero-order valence-electron chi connectivity index (χ0n) is 9.96. The number of aromatic amines is 1. The Balaban J connectivity index is 1.90. The van der Waals surface area contributed by atoms with Gasteiger partial charge in [-0.3, -0.25) is 4.79 Å². The number of nitrogens with one attached hydrogen (secondary N) is 1. The van der Waals surface area contributed by atoms with Crippen LogP contribution in [0.25, 0.3) is 10.9 Å². The first-order valence-electron chi connectivity index (χ1n) is 5.73. The topological polar surface area (TPSA) is 42.1 Å². The molecule has 1 aromatic carbocycles. The normalized spacial score (nSPS) is 11.7. The molecule has 1 heterocycles. The standard InChI is InChI=1S/C13H12F3NO2/c14-13(15,16)8-19-12(18)6-5-9-7-17-11-4-2-1-3-10(9)11/h1-4,7,17H,5-6,8H2. The van der Waals surface area contributed by atoms with Crippen molar-refractivity contribution < 1.29 is 22.7 Å². The Kier molecular flexibility index (Phi) is 3.78. The SMILES string of the molecule is O=C(CCc1c[nH]c2ccccc12)OCC(F)(F)F. The molecule has 0 amide bonds. The largest absolute Gasteiger partial charge is 0.456 e. The third-order valence-electron chi connectivity index (χ3n) is 2.67. The van der Waals surface area contributed by atoms with Gasteiger partial charge in [0.15, 0.2) is 6.61 Å².